The van der Waals surface area contributed by atoms with E-state index in [1.165, 1.54) is 33.4 Å². The van der Waals surface area contributed by atoms with Gasteiger partial charge in [-0.15, -0.1) is 0 Å². The van der Waals surface area contributed by atoms with Crippen LogP contribution < -0.4 is 0 Å². The van der Waals surface area contributed by atoms with Crippen molar-refractivity contribution in [3.05, 3.63) is 155 Å². The minimum absolute atomic E-state index is 0.0154. The largest absolute Gasteiger partial charge is 0.292 e. The van der Waals surface area contributed by atoms with Crippen molar-refractivity contribution < 1.29 is 4.57 Å². The van der Waals surface area contributed by atoms with Crippen molar-refractivity contribution in [3.63, 3.8) is 0 Å². The Hall–Kier alpha value is -3.49. The molecule has 38 heavy (non-hydrogen) atoms. The first-order chi connectivity index (χ1) is 18.6. The molecule has 0 amide bonds. The van der Waals surface area contributed by atoms with E-state index in [1.807, 2.05) is 12.1 Å². The molecule has 1 aliphatic rings. The highest BCUT2D eigenvalue weighted by atomic mass is 31.1. The molecule has 1 heterocycles. The normalized spacial score (nSPS) is 20.5. The Balaban J connectivity index is 1.50. The second-order valence-electron chi connectivity index (χ2n) is 9.82. The zero-order valence-electron chi connectivity index (χ0n) is 22.1. The molecule has 0 bridgehead atoms. The molecule has 2 atom stereocenters. The number of hydrogen-bond donors (Lipinski definition) is 0. The molecular formula is C34H35N2OP. The molecule has 0 radical (unpaired) electrons. The van der Waals surface area contributed by atoms with Gasteiger partial charge >= 0.3 is 0 Å². The Labute approximate surface area is 227 Å². The van der Waals surface area contributed by atoms with Crippen LogP contribution in [0.15, 0.2) is 121 Å². The molecule has 4 aromatic carbocycles. The standard InChI is InChI=1S/C34H35N2OP/c1-27-15-9-11-17-29(27)23-13-25-35-33(31-19-5-3-6-20-31)34(32-21-7-4-8-22-32)36(38(35)37)26-14-24-30-18-12-10-16-28(30)2/h3-24,33-34,38H,25-26H2,1-2H3/t33-,34-/m0/s1. The highest BCUT2D eigenvalue weighted by Gasteiger charge is 2.45. The molecule has 1 fully saturated rings. The van der Waals surface area contributed by atoms with Gasteiger partial charge in [0.05, 0.1) is 12.1 Å². The van der Waals surface area contributed by atoms with Gasteiger partial charge in [0, 0.05) is 13.1 Å². The zero-order valence-corrected chi connectivity index (χ0v) is 23.1. The molecule has 3 nitrogen and oxygen atoms in total. The van der Waals surface area contributed by atoms with Crippen molar-refractivity contribution in [2.24, 2.45) is 0 Å². The van der Waals surface area contributed by atoms with Gasteiger partial charge in [-0.25, -0.2) is 9.34 Å². The number of benzene rings is 4. The Morgan fingerprint density at radius 2 is 0.947 bits per heavy atom. The highest BCUT2D eigenvalue weighted by molar-refractivity contribution is 7.39. The number of aryl methyl sites for hydroxylation is 2. The van der Waals surface area contributed by atoms with E-state index in [2.05, 4.69) is 145 Å². The zero-order chi connectivity index (χ0) is 26.3. The molecule has 4 aromatic rings. The van der Waals surface area contributed by atoms with Crippen molar-refractivity contribution in [1.29, 1.82) is 0 Å². The van der Waals surface area contributed by atoms with Crippen LogP contribution in [0.3, 0.4) is 0 Å². The van der Waals surface area contributed by atoms with E-state index in [9.17, 15) is 4.57 Å². The maximum atomic E-state index is 14.3. The molecule has 1 aliphatic heterocycles. The van der Waals surface area contributed by atoms with Crippen LogP contribution in [0.25, 0.3) is 12.2 Å². The lowest BCUT2D eigenvalue weighted by atomic mass is 9.93. The highest BCUT2D eigenvalue weighted by Crippen LogP contribution is 2.58. The van der Waals surface area contributed by atoms with E-state index in [0.717, 1.165) is 0 Å². The number of hydrogen-bond acceptors (Lipinski definition) is 1. The molecule has 0 aromatic heterocycles. The van der Waals surface area contributed by atoms with E-state index in [1.54, 1.807) is 0 Å². The summed E-state index contributed by atoms with van der Waals surface area (Å²) in [5.74, 6) is 0. The fraction of sp³-hybridized carbons (Fsp3) is 0.176. The van der Waals surface area contributed by atoms with Crippen LogP contribution in [0.2, 0.25) is 0 Å². The predicted molar refractivity (Wildman–Crippen MR) is 161 cm³/mol. The van der Waals surface area contributed by atoms with Gasteiger partial charge in [-0.1, -0.05) is 133 Å². The lowest BCUT2D eigenvalue weighted by molar-refractivity contribution is 0.292. The van der Waals surface area contributed by atoms with Crippen molar-refractivity contribution >= 4 is 20.3 Å². The summed E-state index contributed by atoms with van der Waals surface area (Å²) in [6.07, 6.45) is 8.64. The molecule has 192 valence electrons. The Bertz CT molecular complexity index is 1320. The van der Waals surface area contributed by atoms with Crippen LogP contribution in [0.4, 0.5) is 0 Å². The van der Waals surface area contributed by atoms with Crippen LogP contribution in [0.1, 0.15) is 45.5 Å². The monoisotopic (exact) mass is 518 g/mol. The van der Waals surface area contributed by atoms with E-state index in [0.29, 0.717) is 13.1 Å². The van der Waals surface area contributed by atoms with Crippen LogP contribution in [0.5, 0.6) is 0 Å². The number of rotatable bonds is 8. The first kappa shape index (κ1) is 26.1. The summed E-state index contributed by atoms with van der Waals surface area (Å²) >= 11 is 0. The predicted octanol–water partition coefficient (Wildman–Crippen LogP) is 8.52. The third-order valence-corrected chi connectivity index (χ3v) is 9.22. The van der Waals surface area contributed by atoms with Gasteiger partial charge in [0.15, 0.2) is 0 Å². The van der Waals surface area contributed by atoms with Crippen LogP contribution >= 0.6 is 8.10 Å². The van der Waals surface area contributed by atoms with Crippen LogP contribution in [0, 0.1) is 13.8 Å². The van der Waals surface area contributed by atoms with E-state index < -0.39 is 8.10 Å². The van der Waals surface area contributed by atoms with Crippen LogP contribution in [-0.2, 0) is 4.57 Å². The van der Waals surface area contributed by atoms with Gasteiger partial charge in [0.2, 0.25) is 8.10 Å². The fourth-order valence-electron chi connectivity index (χ4n) is 5.29. The Morgan fingerprint density at radius 1 is 0.579 bits per heavy atom. The third kappa shape index (κ3) is 5.81. The lowest BCUT2D eigenvalue weighted by Gasteiger charge is -2.27. The summed E-state index contributed by atoms with van der Waals surface area (Å²) in [5.41, 5.74) is 7.24. The summed E-state index contributed by atoms with van der Waals surface area (Å²) in [4.78, 5) is 0. The van der Waals surface area contributed by atoms with Gasteiger partial charge in [0.25, 0.3) is 0 Å². The van der Waals surface area contributed by atoms with Gasteiger partial charge in [-0.05, 0) is 47.2 Å². The first-order valence-corrected chi connectivity index (χ1v) is 14.6. The van der Waals surface area contributed by atoms with Gasteiger partial charge in [-0.2, -0.15) is 0 Å². The molecule has 0 N–H and O–H groups in total. The lowest BCUT2D eigenvalue weighted by Crippen LogP contribution is -2.24. The third-order valence-electron chi connectivity index (χ3n) is 7.32. The molecule has 0 unspecified atom stereocenters. The maximum Gasteiger partial charge on any atom is 0.206 e. The molecular weight excluding hydrogens is 483 g/mol. The van der Waals surface area contributed by atoms with E-state index in [-0.39, 0.29) is 12.1 Å². The first-order valence-electron chi connectivity index (χ1n) is 13.2. The molecule has 0 spiro atoms. The van der Waals surface area contributed by atoms with Gasteiger partial charge in [-0.3, -0.25) is 4.57 Å². The molecule has 1 saturated heterocycles. The molecule has 4 heteroatoms. The topological polar surface area (TPSA) is 23.6 Å². The van der Waals surface area contributed by atoms with E-state index in [4.69, 9.17) is 0 Å². The number of nitrogens with zero attached hydrogens (tertiary/aromatic N) is 2. The molecule has 5 rings (SSSR count). The quantitative estimate of drug-likeness (QED) is 0.218. The van der Waals surface area contributed by atoms with Crippen LogP contribution in [-0.4, -0.2) is 22.4 Å². The summed E-state index contributed by atoms with van der Waals surface area (Å²) in [6, 6.07) is 37.8. The average molecular weight is 519 g/mol. The second kappa shape index (κ2) is 12.4. The van der Waals surface area contributed by atoms with Gasteiger partial charge < -0.3 is 0 Å². The minimum Gasteiger partial charge on any atom is -0.292 e. The maximum absolute atomic E-state index is 14.3. The van der Waals surface area contributed by atoms with E-state index >= 15 is 0 Å². The smallest absolute Gasteiger partial charge is 0.206 e. The van der Waals surface area contributed by atoms with Crippen molar-refractivity contribution in [1.82, 2.24) is 9.34 Å². The average Bonchev–Trinajstić information content (AvgIpc) is 3.23. The summed E-state index contributed by atoms with van der Waals surface area (Å²) in [5, 5.41) is 0. The summed E-state index contributed by atoms with van der Waals surface area (Å²) in [7, 11) is -2.24. The van der Waals surface area contributed by atoms with Crippen molar-refractivity contribution in [2.75, 3.05) is 13.1 Å². The van der Waals surface area contributed by atoms with Gasteiger partial charge in [0.1, 0.15) is 0 Å². The Kier molecular flexibility index (Phi) is 8.51. The summed E-state index contributed by atoms with van der Waals surface area (Å²) in [6.45, 7) is 5.48. The SMILES string of the molecule is Cc1ccccc1C=CCN1[C@@H](c2ccccc2)[C@H](c2ccccc2)N(CC=Cc2ccccc2C)[PH]1=O. The summed E-state index contributed by atoms with van der Waals surface area (Å²) < 4.78 is 18.7. The molecule has 0 saturated carbocycles. The minimum atomic E-state index is -2.24. The van der Waals surface area contributed by atoms with Crippen molar-refractivity contribution in [3.8, 4) is 0 Å². The van der Waals surface area contributed by atoms with Crippen molar-refractivity contribution in [2.45, 2.75) is 25.9 Å². The Morgan fingerprint density at radius 3 is 1.34 bits per heavy atom. The molecule has 0 aliphatic carbocycles. The fourth-order valence-corrected chi connectivity index (χ4v) is 7.20. The second-order valence-corrected chi connectivity index (χ2v) is 11.5.